The Kier molecular flexibility index (Phi) is 37.7. The van der Waals surface area contributed by atoms with Crippen LogP contribution >= 0.6 is 0 Å². The third kappa shape index (κ3) is 38.7. The highest BCUT2D eigenvalue weighted by atomic mass is 16.6. The molecule has 0 saturated carbocycles. The molecule has 9 heteroatoms. The molecule has 0 rings (SSSR count). The fourth-order valence-corrected chi connectivity index (χ4v) is 4.32. The van der Waals surface area contributed by atoms with Crippen LogP contribution in [0.4, 0.5) is 0 Å². The fraction of sp³-hybridized carbons (Fsp3) is 0.912. The highest BCUT2D eigenvalue weighted by Crippen LogP contribution is 2.13. The number of hydrogen-bond donors (Lipinski definition) is 0. The highest BCUT2D eigenvalue weighted by molar-refractivity contribution is 5.69. The van der Waals surface area contributed by atoms with Gasteiger partial charge < -0.3 is 37.9 Å². The van der Waals surface area contributed by atoms with Crippen molar-refractivity contribution < 1.29 is 42.7 Å². The van der Waals surface area contributed by atoms with E-state index >= 15 is 0 Å². The molecule has 0 aliphatic rings. The maximum atomic E-state index is 11.8. The molecule has 0 radical (unpaired) electrons. The van der Waals surface area contributed by atoms with Gasteiger partial charge in [-0.3, -0.25) is 4.79 Å². The molecule has 0 aliphatic carbocycles. The summed E-state index contributed by atoms with van der Waals surface area (Å²) in [5.41, 5.74) is 0. The zero-order chi connectivity index (χ0) is 31.2. The molecule has 0 aliphatic heterocycles. The number of rotatable bonds is 38. The number of esters is 1. The van der Waals surface area contributed by atoms with Crippen LogP contribution in [0, 0.1) is 0 Å². The van der Waals surface area contributed by atoms with Crippen molar-refractivity contribution >= 4 is 5.97 Å². The summed E-state index contributed by atoms with van der Waals surface area (Å²) in [6, 6.07) is 0. The number of ether oxygens (including phenoxy) is 8. The van der Waals surface area contributed by atoms with Crippen molar-refractivity contribution in [2.75, 3.05) is 92.5 Å². The van der Waals surface area contributed by atoms with Gasteiger partial charge >= 0.3 is 5.97 Å². The second-order valence-electron chi connectivity index (χ2n) is 10.6. The summed E-state index contributed by atoms with van der Waals surface area (Å²) in [6.07, 6.45) is 21.7. The van der Waals surface area contributed by atoms with Crippen molar-refractivity contribution in [3.63, 3.8) is 0 Å². The topological polar surface area (TPSA) is 90.9 Å². The second-order valence-corrected chi connectivity index (χ2v) is 10.6. The van der Waals surface area contributed by atoms with E-state index in [1.54, 1.807) is 0 Å². The third-order valence-electron chi connectivity index (χ3n) is 6.80. The van der Waals surface area contributed by atoms with Gasteiger partial charge in [-0.1, -0.05) is 103 Å². The molecule has 0 bridgehead atoms. The SMILES string of the molecule is C=COCCOCCOCCOCCOCCOCCOCCOC(=O)CCCCCCCCCCCCCCCCC. The Bertz CT molecular complexity index is 548. The molecule has 0 spiro atoms. The van der Waals surface area contributed by atoms with E-state index < -0.39 is 0 Å². The maximum absolute atomic E-state index is 11.8. The van der Waals surface area contributed by atoms with Crippen LogP contribution in [0.15, 0.2) is 12.8 Å². The van der Waals surface area contributed by atoms with Crippen LogP contribution in [0.3, 0.4) is 0 Å². The molecule has 0 aromatic carbocycles. The van der Waals surface area contributed by atoms with Crippen LogP contribution in [-0.2, 0) is 42.7 Å². The molecule has 43 heavy (non-hydrogen) atoms. The summed E-state index contributed by atoms with van der Waals surface area (Å²) in [6.45, 7) is 12.5. The molecule has 0 atom stereocenters. The first-order valence-corrected chi connectivity index (χ1v) is 17.2. The normalized spacial score (nSPS) is 11.2. The van der Waals surface area contributed by atoms with Gasteiger partial charge in [0.05, 0.1) is 85.5 Å². The second kappa shape index (κ2) is 38.8. The van der Waals surface area contributed by atoms with Crippen LogP contribution in [-0.4, -0.2) is 98.5 Å². The maximum Gasteiger partial charge on any atom is 0.305 e. The van der Waals surface area contributed by atoms with Crippen LogP contribution in [0.5, 0.6) is 0 Å². The Hall–Kier alpha value is -1.23. The van der Waals surface area contributed by atoms with Gasteiger partial charge in [0.1, 0.15) is 13.2 Å². The molecule has 0 fully saturated rings. The van der Waals surface area contributed by atoms with E-state index in [0.29, 0.717) is 98.9 Å². The first kappa shape index (κ1) is 41.8. The van der Waals surface area contributed by atoms with Crippen molar-refractivity contribution in [1.82, 2.24) is 0 Å². The zero-order valence-electron chi connectivity index (χ0n) is 27.7. The number of carbonyl (C=O) groups excluding carboxylic acids is 1. The highest BCUT2D eigenvalue weighted by Gasteiger charge is 2.03. The van der Waals surface area contributed by atoms with Crippen molar-refractivity contribution in [3.05, 3.63) is 12.8 Å². The smallest absolute Gasteiger partial charge is 0.305 e. The first-order chi connectivity index (χ1) is 21.3. The molecule has 0 N–H and O–H groups in total. The van der Waals surface area contributed by atoms with E-state index in [1.807, 2.05) is 0 Å². The Balaban J connectivity index is 3.14. The van der Waals surface area contributed by atoms with E-state index in [9.17, 15) is 4.79 Å². The third-order valence-corrected chi connectivity index (χ3v) is 6.80. The van der Waals surface area contributed by atoms with Crippen molar-refractivity contribution in [2.45, 2.75) is 110 Å². The number of unbranched alkanes of at least 4 members (excludes halogenated alkanes) is 14. The first-order valence-electron chi connectivity index (χ1n) is 17.2. The molecule has 0 saturated heterocycles. The number of carbonyl (C=O) groups is 1. The Labute approximate surface area is 263 Å². The predicted octanol–water partition coefficient (Wildman–Crippen LogP) is 7.05. The van der Waals surface area contributed by atoms with E-state index in [-0.39, 0.29) is 5.97 Å². The lowest BCUT2D eigenvalue weighted by atomic mass is 10.0. The molecule has 256 valence electrons. The van der Waals surface area contributed by atoms with Crippen molar-refractivity contribution in [2.24, 2.45) is 0 Å². The van der Waals surface area contributed by atoms with Crippen molar-refractivity contribution in [3.8, 4) is 0 Å². The van der Waals surface area contributed by atoms with E-state index in [0.717, 1.165) is 12.8 Å². The molecular weight excluding hydrogens is 552 g/mol. The van der Waals surface area contributed by atoms with Gasteiger partial charge in [-0.2, -0.15) is 0 Å². The van der Waals surface area contributed by atoms with Gasteiger partial charge in [0.2, 0.25) is 0 Å². The molecule has 0 amide bonds. The predicted molar refractivity (Wildman–Crippen MR) is 172 cm³/mol. The molecule has 0 aromatic rings. The Morgan fingerprint density at radius 2 is 0.744 bits per heavy atom. The minimum Gasteiger partial charge on any atom is -0.499 e. The zero-order valence-corrected chi connectivity index (χ0v) is 27.7. The minimum atomic E-state index is -0.126. The molecule has 0 aromatic heterocycles. The molecule has 0 heterocycles. The van der Waals surface area contributed by atoms with Crippen molar-refractivity contribution in [1.29, 1.82) is 0 Å². The van der Waals surface area contributed by atoms with E-state index in [1.165, 1.54) is 89.7 Å². The monoisotopic (exact) mass is 618 g/mol. The van der Waals surface area contributed by atoms with Crippen LogP contribution < -0.4 is 0 Å². The van der Waals surface area contributed by atoms with E-state index in [2.05, 4.69) is 13.5 Å². The molecule has 9 nitrogen and oxygen atoms in total. The summed E-state index contributed by atoms with van der Waals surface area (Å²) >= 11 is 0. The van der Waals surface area contributed by atoms with Crippen LogP contribution in [0.2, 0.25) is 0 Å². The quantitative estimate of drug-likeness (QED) is 0.0410. The van der Waals surface area contributed by atoms with E-state index in [4.69, 9.17) is 37.9 Å². The lowest BCUT2D eigenvalue weighted by molar-refractivity contribution is -0.145. The summed E-state index contributed by atoms with van der Waals surface area (Å²) in [4.78, 5) is 11.8. The molecule has 0 unspecified atom stereocenters. The van der Waals surface area contributed by atoms with Gasteiger partial charge in [0.25, 0.3) is 0 Å². The Morgan fingerprint density at radius 3 is 1.09 bits per heavy atom. The largest absolute Gasteiger partial charge is 0.499 e. The standard InChI is InChI=1S/C34H66O9/c1-3-5-6-7-8-9-10-11-12-13-14-15-16-17-18-19-34(35)43-33-32-42-31-30-41-29-28-40-27-26-39-25-24-38-23-22-37-21-20-36-4-2/h4H,2-3,5-33H2,1H3. The summed E-state index contributed by atoms with van der Waals surface area (Å²) in [5, 5.41) is 0. The lowest BCUT2D eigenvalue weighted by Gasteiger charge is -2.08. The average molecular weight is 619 g/mol. The fourth-order valence-electron chi connectivity index (χ4n) is 4.32. The van der Waals surface area contributed by atoms with Gasteiger partial charge in [0, 0.05) is 6.42 Å². The van der Waals surface area contributed by atoms with Gasteiger partial charge in [0.15, 0.2) is 0 Å². The van der Waals surface area contributed by atoms with Crippen LogP contribution in [0.25, 0.3) is 0 Å². The Morgan fingerprint density at radius 1 is 0.442 bits per heavy atom. The minimum absolute atomic E-state index is 0.126. The summed E-state index contributed by atoms with van der Waals surface area (Å²) in [5.74, 6) is -0.126. The van der Waals surface area contributed by atoms with Crippen LogP contribution in [0.1, 0.15) is 110 Å². The lowest BCUT2D eigenvalue weighted by Crippen LogP contribution is -2.15. The van der Waals surface area contributed by atoms with Gasteiger partial charge in [-0.15, -0.1) is 0 Å². The average Bonchev–Trinajstić information content (AvgIpc) is 3.01. The number of hydrogen-bond acceptors (Lipinski definition) is 9. The molecular formula is C34H66O9. The van der Waals surface area contributed by atoms with Gasteiger partial charge in [-0.25, -0.2) is 0 Å². The summed E-state index contributed by atoms with van der Waals surface area (Å²) in [7, 11) is 0. The summed E-state index contributed by atoms with van der Waals surface area (Å²) < 4.78 is 42.7. The van der Waals surface area contributed by atoms with Gasteiger partial charge in [-0.05, 0) is 6.42 Å².